The molecule has 0 radical (unpaired) electrons. The summed E-state index contributed by atoms with van der Waals surface area (Å²) in [5, 5.41) is 2.42. The first-order valence-electron chi connectivity index (χ1n) is 10.7. The van der Waals surface area contributed by atoms with Crippen LogP contribution in [0.4, 0.5) is 4.79 Å². The third-order valence-electron chi connectivity index (χ3n) is 5.73. The maximum Gasteiger partial charge on any atom is 0.410 e. The smallest absolute Gasteiger partial charge is 0.410 e. The van der Waals surface area contributed by atoms with Gasteiger partial charge in [0, 0.05) is 24.8 Å². The van der Waals surface area contributed by atoms with Crippen LogP contribution in [0.3, 0.4) is 0 Å². The van der Waals surface area contributed by atoms with E-state index in [2.05, 4.69) is 52.0 Å². The van der Waals surface area contributed by atoms with E-state index >= 15 is 0 Å². The fourth-order valence-electron chi connectivity index (χ4n) is 4.25. The minimum Gasteiger partial charge on any atom is -0.444 e. The zero-order valence-corrected chi connectivity index (χ0v) is 18.1. The molecule has 1 aliphatic rings. The van der Waals surface area contributed by atoms with Crippen LogP contribution in [0.15, 0.2) is 61.1 Å². The zero-order valence-electron chi connectivity index (χ0n) is 18.1. The maximum atomic E-state index is 12.4. The summed E-state index contributed by atoms with van der Waals surface area (Å²) in [6, 6.07) is 17.0. The van der Waals surface area contributed by atoms with Crippen molar-refractivity contribution < 1.29 is 9.53 Å². The highest BCUT2D eigenvalue weighted by Gasteiger charge is 2.31. The average Bonchev–Trinajstić information content (AvgIpc) is 3.39. The molecule has 1 saturated heterocycles. The van der Waals surface area contributed by atoms with Gasteiger partial charge in [-0.2, -0.15) is 0 Å². The van der Waals surface area contributed by atoms with Crippen molar-refractivity contribution in [2.24, 2.45) is 0 Å². The molecule has 1 fully saturated rings. The molecule has 6 heteroatoms. The van der Waals surface area contributed by atoms with Crippen molar-refractivity contribution in [1.29, 1.82) is 0 Å². The molecule has 1 aliphatic heterocycles. The molecule has 0 bridgehead atoms. The molecule has 1 amide bonds. The number of nitrogens with zero attached hydrogens (tertiary/aromatic N) is 4. The van der Waals surface area contributed by atoms with Gasteiger partial charge < -0.3 is 14.2 Å². The summed E-state index contributed by atoms with van der Waals surface area (Å²) in [6.07, 6.45) is 4.29. The summed E-state index contributed by atoms with van der Waals surface area (Å²) in [7, 11) is 0. The fourth-order valence-corrected chi connectivity index (χ4v) is 4.25. The molecule has 2 aromatic heterocycles. The van der Waals surface area contributed by atoms with E-state index < -0.39 is 5.60 Å². The quantitative estimate of drug-likeness (QED) is 0.439. The van der Waals surface area contributed by atoms with Gasteiger partial charge in [-0.15, -0.1) is 0 Å². The Morgan fingerprint density at radius 2 is 1.87 bits per heavy atom. The number of rotatable bonds is 2. The number of hydrogen-bond donors (Lipinski definition) is 0. The molecule has 6 nitrogen and oxygen atoms in total. The lowest BCUT2D eigenvalue weighted by atomic mass is 10.0. The summed E-state index contributed by atoms with van der Waals surface area (Å²) in [4.78, 5) is 23.6. The highest BCUT2D eigenvalue weighted by molar-refractivity contribution is 5.94. The highest BCUT2D eigenvalue weighted by atomic mass is 16.6. The predicted octanol–water partition coefficient (Wildman–Crippen LogP) is 5.43. The predicted molar refractivity (Wildman–Crippen MR) is 122 cm³/mol. The van der Waals surface area contributed by atoms with Crippen molar-refractivity contribution in [2.75, 3.05) is 13.1 Å². The van der Waals surface area contributed by atoms with E-state index in [1.165, 1.54) is 10.8 Å². The number of carbonyl (C=O) groups excluding carboxylic acids is 1. The number of fused-ring (bicyclic) bond motifs is 2. The van der Waals surface area contributed by atoms with Crippen LogP contribution >= 0.6 is 0 Å². The van der Waals surface area contributed by atoms with Gasteiger partial charge in [0.15, 0.2) is 5.65 Å². The Kier molecular flexibility index (Phi) is 4.65. The van der Waals surface area contributed by atoms with Crippen molar-refractivity contribution in [3.05, 3.63) is 61.1 Å². The van der Waals surface area contributed by atoms with Crippen LogP contribution in [-0.2, 0) is 4.74 Å². The lowest BCUT2D eigenvalue weighted by Gasteiger charge is -2.24. The molecule has 1 atom stereocenters. The van der Waals surface area contributed by atoms with E-state index in [4.69, 9.17) is 9.72 Å². The van der Waals surface area contributed by atoms with Crippen molar-refractivity contribution in [3.8, 4) is 11.1 Å². The normalized spacial score (nSPS) is 16.9. The molecular formula is C25H26N4O2. The highest BCUT2D eigenvalue weighted by Crippen LogP contribution is 2.32. The second-order valence-corrected chi connectivity index (χ2v) is 9.11. The van der Waals surface area contributed by atoms with Gasteiger partial charge >= 0.3 is 6.09 Å². The molecule has 4 aromatic rings. The monoisotopic (exact) mass is 414 g/mol. The lowest BCUT2D eigenvalue weighted by molar-refractivity contribution is 0.0289. The second-order valence-electron chi connectivity index (χ2n) is 9.11. The minimum absolute atomic E-state index is 0.136. The van der Waals surface area contributed by atoms with Crippen LogP contribution in [0.25, 0.3) is 33.1 Å². The van der Waals surface area contributed by atoms with E-state index in [1.54, 1.807) is 4.90 Å². The van der Waals surface area contributed by atoms with Crippen LogP contribution < -0.4 is 0 Å². The van der Waals surface area contributed by atoms with E-state index in [1.807, 2.05) is 39.4 Å². The van der Waals surface area contributed by atoms with Gasteiger partial charge in [0.1, 0.15) is 11.1 Å². The van der Waals surface area contributed by atoms with Gasteiger partial charge in [0.05, 0.1) is 12.4 Å². The molecule has 31 heavy (non-hydrogen) atoms. The fraction of sp³-hybridized carbons (Fsp3) is 0.320. The maximum absolute atomic E-state index is 12.4. The van der Waals surface area contributed by atoms with E-state index in [0.717, 1.165) is 28.7 Å². The molecule has 2 aromatic carbocycles. The molecule has 5 rings (SSSR count). The van der Waals surface area contributed by atoms with Crippen LogP contribution in [0.1, 0.15) is 33.2 Å². The molecule has 0 saturated carbocycles. The topological polar surface area (TPSA) is 60.2 Å². The zero-order chi connectivity index (χ0) is 21.6. The Bertz CT molecular complexity index is 1270. The van der Waals surface area contributed by atoms with Crippen LogP contribution in [0.5, 0.6) is 0 Å². The number of carbonyl (C=O) groups is 1. The van der Waals surface area contributed by atoms with Gasteiger partial charge in [0.2, 0.25) is 0 Å². The van der Waals surface area contributed by atoms with Crippen molar-refractivity contribution in [3.63, 3.8) is 0 Å². The largest absolute Gasteiger partial charge is 0.444 e. The van der Waals surface area contributed by atoms with Gasteiger partial charge in [0.25, 0.3) is 0 Å². The van der Waals surface area contributed by atoms with E-state index in [0.29, 0.717) is 13.1 Å². The van der Waals surface area contributed by atoms with Crippen molar-refractivity contribution in [1.82, 2.24) is 19.4 Å². The van der Waals surface area contributed by atoms with Gasteiger partial charge in [-0.05, 0) is 55.7 Å². The Morgan fingerprint density at radius 3 is 2.68 bits per heavy atom. The van der Waals surface area contributed by atoms with Crippen molar-refractivity contribution >= 4 is 28.0 Å². The molecular weight excluding hydrogens is 388 g/mol. The number of aromatic nitrogens is 3. The lowest BCUT2D eigenvalue weighted by Crippen LogP contribution is -2.35. The third kappa shape index (κ3) is 3.74. The number of amides is 1. The standard InChI is InChI=1S/C25H26N4O2/c1-25(2,3)31-24(30)28-13-11-20(15-28)29-16-27-22-21(10-12-26-23(22)29)19-9-8-17-6-4-5-7-18(17)14-19/h4-10,12,14,16,20H,11,13,15H2,1-3H3/t20-/m0/s1. The molecule has 0 aliphatic carbocycles. The Hall–Kier alpha value is -3.41. The van der Waals surface area contributed by atoms with Crippen molar-refractivity contribution in [2.45, 2.75) is 38.8 Å². The van der Waals surface area contributed by atoms with E-state index in [-0.39, 0.29) is 12.1 Å². The minimum atomic E-state index is -0.493. The summed E-state index contributed by atoms with van der Waals surface area (Å²) in [5.41, 5.74) is 3.43. The molecule has 0 unspecified atom stereocenters. The number of imidazole rings is 1. The number of benzene rings is 2. The molecule has 3 heterocycles. The number of pyridine rings is 1. The number of likely N-dealkylation sites (tertiary alicyclic amines) is 1. The van der Waals surface area contributed by atoms with Crippen LogP contribution in [0, 0.1) is 0 Å². The Balaban J connectivity index is 1.45. The summed E-state index contributed by atoms with van der Waals surface area (Å²) < 4.78 is 7.63. The van der Waals surface area contributed by atoms with Gasteiger partial charge in [-0.1, -0.05) is 36.4 Å². The van der Waals surface area contributed by atoms with Gasteiger partial charge in [-0.25, -0.2) is 14.8 Å². The summed E-state index contributed by atoms with van der Waals surface area (Å²) >= 11 is 0. The third-order valence-corrected chi connectivity index (χ3v) is 5.73. The Morgan fingerprint density at radius 1 is 1.06 bits per heavy atom. The number of ether oxygens (including phenoxy) is 1. The molecule has 0 N–H and O–H groups in total. The summed E-state index contributed by atoms with van der Waals surface area (Å²) in [5.74, 6) is 0. The average molecular weight is 415 g/mol. The van der Waals surface area contributed by atoms with Gasteiger partial charge in [-0.3, -0.25) is 0 Å². The first-order valence-corrected chi connectivity index (χ1v) is 10.7. The van der Waals surface area contributed by atoms with E-state index in [9.17, 15) is 4.79 Å². The molecule has 158 valence electrons. The Labute approximate surface area is 181 Å². The second kappa shape index (κ2) is 7.38. The van der Waals surface area contributed by atoms with Crippen LogP contribution in [-0.4, -0.2) is 44.2 Å². The SMILES string of the molecule is CC(C)(C)OC(=O)N1CC[C@H](n2cnc3c(-c4ccc5ccccc5c4)ccnc32)C1. The first kappa shape index (κ1) is 19.5. The molecule has 0 spiro atoms. The first-order chi connectivity index (χ1) is 14.9. The van der Waals surface area contributed by atoms with Crippen LogP contribution in [0.2, 0.25) is 0 Å². The summed E-state index contributed by atoms with van der Waals surface area (Å²) in [6.45, 7) is 6.94. The number of hydrogen-bond acceptors (Lipinski definition) is 4.